The first-order valence-corrected chi connectivity index (χ1v) is 8.32. The van der Waals surface area contributed by atoms with Crippen LogP contribution in [0.15, 0.2) is 24.3 Å². The Labute approximate surface area is 141 Å². The molecule has 1 saturated heterocycles. The molecule has 6 heteroatoms. The molecule has 0 unspecified atom stereocenters. The zero-order chi connectivity index (χ0) is 16.8. The van der Waals surface area contributed by atoms with Crippen LogP contribution in [0.3, 0.4) is 0 Å². The second-order valence-corrected chi connectivity index (χ2v) is 6.24. The predicted octanol–water partition coefficient (Wildman–Crippen LogP) is 2.48. The van der Waals surface area contributed by atoms with Crippen LogP contribution in [-0.2, 0) is 9.59 Å². The van der Waals surface area contributed by atoms with Gasteiger partial charge in [-0.2, -0.15) is 0 Å². The van der Waals surface area contributed by atoms with Crippen molar-refractivity contribution in [3.8, 4) is 5.75 Å². The van der Waals surface area contributed by atoms with E-state index >= 15 is 0 Å². The minimum atomic E-state index is -0.239. The molecule has 1 aromatic carbocycles. The summed E-state index contributed by atoms with van der Waals surface area (Å²) in [6.45, 7) is 3.03. The van der Waals surface area contributed by atoms with E-state index in [2.05, 4.69) is 5.32 Å². The third kappa shape index (κ3) is 4.86. The van der Waals surface area contributed by atoms with Crippen molar-refractivity contribution < 1.29 is 14.3 Å². The van der Waals surface area contributed by atoms with Gasteiger partial charge in [-0.25, -0.2) is 0 Å². The number of nitrogens with one attached hydrogen (secondary N) is 1. The number of likely N-dealkylation sites (tertiary alicyclic amines) is 1. The maximum absolute atomic E-state index is 12.2. The number of ether oxygens (including phenoxy) is 1. The van der Waals surface area contributed by atoms with Crippen LogP contribution in [0.2, 0.25) is 5.02 Å². The highest BCUT2D eigenvalue weighted by atomic mass is 35.5. The molecule has 1 aromatic rings. The van der Waals surface area contributed by atoms with E-state index < -0.39 is 0 Å². The van der Waals surface area contributed by atoms with Gasteiger partial charge < -0.3 is 15.0 Å². The van der Waals surface area contributed by atoms with Crippen molar-refractivity contribution in [3.05, 3.63) is 29.3 Å². The van der Waals surface area contributed by atoms with Gasteiger partial charge in [0.2, 0.25) is 11.8 Å². The zero-order valence-electron chi connectivity index (χ0n) is 13.5. The average Bonchev–Trinajstić information content (AvgIpc) is 2.55. The van der Waals surface area contributed by atoms with Crippen molar-refractivity contribution in [2.75, 3.05) is 20.1 Å². The monoisotopic (exact) mass is 338 g/mol. The summed E-state index contributed by atoms with van der Waals surface area (Å²) in [6, 6.07) is 7.28. The van der Waals surface area contributed by atoms with E-state index in [0.717, 1.165) is 6.42 Å². The van der Waals surface area contributed by atoms with Crippen molar-refractivity contribution in [2.24, 2.45) is 5.92 Å². The second kappa shape index (κ2) is 8.20. The van der Waals surface area contributed by atoms with E-state index in [4.69, 9.17) is 16.3 Å². The molecule has 1 aliphatic heterocycles. The SMILES string of the molecule is CC[C@@H](CNC(=O)[C@H]1CCN(C)C(=O)C1)Oc1ccccc1Cl. The van der Waals surface area contributed by atoms with Crippen molar-refractivity contribution in [1.29, 1.82) is 0 Å². The topological polar surface area (TPSA) is 58.6 Å². The molecule has 0 spiro atoms. The summed E-state index contributed by atoms with van der Waals surface area (Å²) in [4.78, 5) is 25.6. The summed E-state index contributed by atoms with van der Waals surface area (Å²) >= 11 is 6.08. The summed E-state index contributed by atoms with van der Waals surface area (Å²) in [7, 11) is 1.76. The molecular formula is C17H23ClN2O3. The fraction of sp³-hybridized carbons (Fsp3) is 0.529. The van der Waals surface area contributed by atoms with Gasteiger partial charge in [0.05, 0.1) is 11.6 Å². The molecule has 0 aromatic heterocycles. The molecule has 1 heterocycles. The molecule has 2 atom stereocenters. The molecule has 0 bridgehead atoms. The third-order valence-electron chi connectivity index (χ3n) is 4.12. The van der Waals surface area contributed by atoms with Gasteiger partial charge in [-0.05, 0) is 25.0 Å². The number of benzene rings is 1. The predicted molar refractivity (Wildman–Crippen MR) is 89.5 cm³/mol. The van der Waals surface area contributed by atoms with Gasteiger partial charge in [-0.1, -0.05) is 30.7 Å². The van der Waals surface area contributed by atoms with Gasteiger partial charge in [0.15, 0.2) is 0 Å². The highest BCUT2D eigenvalue weighted by Crippen LogP contribution is 2.24. The molecule has 23 heavy (non-hydrogen) atoms. The Morgan fingerprint density at radius 3 is 2.87 bits per heavy atom. The fourth-order valence-electron chi connectivity index (χ4n) is 2.51. The molecule has 0 radical (unpaired) electrons. The summed E-state index contributed by atoms with van der Waals surface area (Å²) in [5.41, 5.74) is 0. The minimum absolute atomic E-state index is 0.0239. The van der Waals surface area contributed by atoms with Crippen LogP contribution in [0.5, 0.6) is 5.75 Å². The molecule has 2 amide bonds. The first-order chi connectivity index (χ1) is 11.0. The Morgan fingerprint density at radius 1 is 1.48 bits per heavy atom. The fourth-order valence-corrected chi connectivity index (χ4v) is 2.69. The number of nitrogens with zero attached hydrogens (tertiary/aromatic N) is 1. The molecule has 1 aliphatic rings. The van der Waals surface area contributed by atoms with Crippen LogP contribution in [0.4, 0.5) is 0 Å². The lowest BCUT2D eigenvalue weighted by atomic mass is 9.95. The average molecular weight is 339 g/mol. The van der Waals surface area contributed by atoms with Crippen LogP contribution >= 0.6 is 11.6 Å². The summed E-state index contributed by atoms with van der Waals surface area (Å²) < 4.78 is 5.85. The number of halogens is 1. The van der Waals surface area contributed by atoms with Gasteiger partial charge in [0, 0.05) is 25.9 Å². The van der Waals surface area contributed by atoms with E-state index in [0.29, 0.717) is 30.3 Å². The Balaban J connectivity index is 1.84. The van der Waals surface area contributed by atoms with E-state index in [-0.39, 0.29) is 30.3 Å². The highest BCUT2D eigenvalue weighted by molar-refractivity contribution is 6.32. The van der Waals surface area contributed by atoms with Crippen LogP contribution < -0.4 is 10.1 Å². The molecule has 2 rings (SSSR count). The first-order valence-electron chi connectivity index (χ1n) is 7.94. The number of hydrogen-bond acceptors (Lipinski definition) is 3. The highest BCUT2D eigenvalue weighted by Gasteiger charge is 2.28. The number of para-hydroxylation sites is 1. The number of amides is 2. The summed E-state index contributed by atoms with van der Waals surface area (Å²) in [5, 5.41) is 3.45. The van der Waals surface area contributed by atoms with Gasteiger partial charge in [-0.3, -0.25) is 9.59 Å². The lowest BCUT2D eigenvalue weighted by molar-refractivity contribution is -0.139. The Bertz CT molecular complexity index is 565. The summed E-state index contributed by atoms with van der Waals surface area (Å²) in [5.74, 6) is 0.324. The number of hydrogen-bond donors (Lipinski definition) is 1. The summed E-state index contributed by atoms with van der Waals surface area (Å²) in [6.07, 6.45) is 1.58. The Kier molecular flexibility index (Phi) is 6.28. The van der Waals surface area contributed by atoms with E-state index in [1.54, 1.807) is 18.0 Å². The Hall–Kier alpha value is -1.75. The number of rotatable bonds is 6. The zero-order valence-corrected chi connectivity index (χ0v) is 14.3. The van der Waals surface area contributed by atoms with Crippen molar-refractivity contribution in [2.45, 2.75) is 32.3 Å². The van der Waals surface area contributed by atoms with Gasteiger partial charge >= 0.3 is 0 Å². The minimum Gasteiger partial charge on any atom is -0.487 e. The van der Waals surface area contributed by atoms with Crippen LogP contribution in [0.1, 0.15) is 26.2 Å². The lowest BCUT2D eigenvalue weighted by Gasteiger charge is -2.28. The second-order valence-electron chi connectivity index (χ2n) is 5.83. The molecule has 5 nitrogen and oxygen atoms in total. The van der Waals surface area contributed by atoms with Crippen LogP contribution in [0, 0.1) is 5.92 Å². The molecule has 1 N–H and O–H groups in total. The number of carbonyl (C=O) groups is 2. The van der Waals surface area contributed by atoms with Gasteiger partial charge in [0.25, 0.3) is 0 Å². The smallest absolute Gasteiger partial charge is 0.223 e. The molecule has 0 saturated carbocycles. The molecule has 126 valence electrons. The van der Waals surface area contributed by atoms with Crippen molar-refractivity contribution >= 4 is 23.4 Å². The van der Waals surface area contributed by atoms with E-state index in [1.807, 2.05) is 25.1 Å². The third-order valence-corrected chi connectivity index (χ3v) is 4.43. The molecular weight excluding hydrogens is 316 g/mol. The normalized spacial score (nSPS) is 19.3. The quantitative estimate of drug-likeness (QED) is 0.867. The van der Waals surface area contributed by atoms with Crippen molar-refractivity contribution in [1.82, 2.24) is 10.2 Å². The first kappa shape index (κ1) is 17.6. The molecule has 1 fully saturated rings. The maximum atomic E-state index is 12.2. The van der Waals surface area contributed by atoms with Gasteiger partial charge in [-0.15, -0.1) is 0 Å². The molecule has 0 aliphatic carbocycles. The maximum Gasteiger partial charge on any atom is 0.223 e. The van der Waals surface area contributed by atoms with Crippen LogP contribution in [0.25, 0.3) is 0 Å². The lowest BCUT2D eigenvalue weighted by Crippen LogP contribution is -2.44. The Morgan fingerprint density at radius 2 is 2.22 bits per heavy atom. The number of piperidine rings is 1. The van der Waals surface area contributed by atoms with E-state index in [1.165, 1.54) is 0 Å². The number of carbonyl (C=O) groups excluding carboxylic acids is 2. The van der Waals surface area contributed by atoms with Gasteiger partial charge in [0.1, 0.15) is 11.9 Å². The van der Waals surface area contributed by atoms with Crippen LogP contribution in [-0.4, -0.2) is 43.0 Å². The van der Waals surface area contributed by atoms with E-state index in [9.17, 15) is 9.59 Å². The largest absolute Gasteiger partial charge is 0.487 e. The standard InChI is InChI=1S/C17H23ClN2O3/c1-3-13(23-15-7-5-4-6-14(15)18)11-19-17(22)12-8-9-20(2)16(21)10-12/h4-7,12-13H,3,8-11H2,1-2H3,(H,19,22)/t12-,13-/m0/s1. The van der Waals surface area contributed by atoms with Crippen molar-refractivity contribution in [3.63, 3.8) is 0 Å².